The number of carbonyl (C=O) groups excluding carboxylic acids is 3. The lowest BCUT2D eigenvalue weighted by molar-refractivity contribution is -0.241. The Morgan fingerprint density at radius 2 is 1.62 bits per heavy atom. The summed E-state index contributed by atoms with van der Waals surface area (Å²) in [6, 6.07) is 0. The number of hydrogen-bond acceptors (Lipinski definition) is 10. The molecular formula is C42H65N3O8. The van der Waals surface area contributed by atoms with Crippen LogP contribution < -0.4 is 0 Å². The average molecular weight is 740 g/mol. The van der Waals surface area contributed by atoms with Crippen LogP contribution in [0.3, 0.4) is 0 Å². The molecule has 0 bridgehead atoms. The summed E-state index contributed by atoms with van der Waals surface area (Å²) in [6.45, 7) is 18.9. The molecule has 296 valence electrons. The number of fused-ring (bicyclic) bond motifs is 4. The number of allylic oxidation sites excluding steroid dienone is 2. The summed E-state index contributed by atoms with van der Waals surface area (Å²) in [5.41, 5.74) is 5.06. The summed E-state index contributed by atoms with van der Waals surface area (Å²) in [7, 11) is 0. The van der Waals surface area contributed by atoms with Gasteiger partial charge >= 0.3 is 17.9 Å². The highest BCUT2D eigenvalue weighted by Gasteiger charge is 2.56. The molecule has 0 aromatic carbocycles. The van der Waals surface area contributed by atoms with Crippen LogP contribution in [0.15, 0.2) is 17.3 Å². The quantitative estimate of drug-likeness (QED) is 0.119. The molecule has 1 aromatic rings. The van der Waals surface area contributed by atoms with Gasteiger partial charge in [0.25, 0.3) is 0 Å². The second-order valence-corrected chi connectivity index (χ2v) is 18.1. The highest BCUT2D eigenvalue weighted by molar-refractivity contribution is 5.68. The van der Waals surface area contributed by atoms with Crippen LogP contribution in [0.2, 0.25) is 0 Å². The number of rotatable bonds is 12. The second kappa shape index (κ2) is 16.1. The minimum Gasteiger partial charge on any atom is -0.456 e. The Balaban J connectivity index is 1.07. The number of nitrogens with zero attached hydrogens (tertiary/aromatic N) is 3. The van der Waals surface area contributed by atoms with Crippen LogP contribution in [0.1, 0.15) is 145 Å². The number of aromatic nitrogens is 3. The summed E-state index contributed by atoms with van der Waals surface area (Å²) in [5.74, 6) is 2.76. The maximum Gasteiger partial charge on any atom is 0.303 e. The molecule has 11 heteroatoms. The molecule has 12 atom stereocenters. The van der Waals surface area contributed by atoms with Gasteiger partial charge in [-0.05, 0) is 104 Å². The molecule has 0 spiro atoms. The van der Waals surface area contributed by atoms with Gasteiger partial charge in [0.05, 0.1) is 25.5 Å². The van der Waals surface area contributed by atoms with Crippen molar-refractivity contribution in [2.24, 2.45) is 46.3 Å². The van der Waals surface area contributed by atoms with E-state index in [2.05, 4.69) is 51.9 Å². The number of esters is 3. The van der Waals surface area contributed by atoms with Gasteiger partial charge in [0.15, 0.2) is 24.5 Å². The Labute approximate surface area is 316 Å². The third-order valence-corrected chi connectivity index (χ3v) is 14.5. The predicted molar refractivity (Wildman–Crippen MR) is 198 cm³/mol. The normalized spacial score (nSPS) is 36.6. The molecule has 6 rings (SSSR count). The molecule has 0 radical (unpaired) electrons. The summed E-state index contributed by atoms with van der Waals surface area (Å²) in [6.07, 6.45) is 11.7. The Morgan fingerprint density at radius 1 is 0.906 bits per heavy atom. The zero-order valence-corrected chi connectivity index (χ0v) is 33.7. The Morgan fingerprint density at radius 3 is 2.32 bits per heavy atom. The van der Waals surface area contributed by atoms with Crippen LogP contribution in [-0.4, -0.2) is 63.9 Å². The molecular weight excluding hydrogens is 674 g/mol. The van der Waals surface area contributed by atoms with E-state index in [0.29, 0.717) is 35.0 Å². The third kappa shape index (κ3) is 8.26. The smallest absolute Gasteiger partial charge is 0.303 e. The van der Waals surface area contributed by atoms with Crippen molar-refractivity contribution in [2.75, 3.05) is 6.61 Å². The summed E-state index contributed by atoms with van der Waals surface area (Å²) in [5, 5.41) is 8.62. The average Bonchev–Trinajstić information content (AvgIpc) is 3.71. The van der Waals surface area contributed by atoms with Crippen molar-refractivity contribution in [3.63, 3.8) is 0 Å². The highest BCUT2D eigenvalue weighted by Crippen LogP contribution is 2.66. The van der Waals surface area contributed by atoms with Gasteiger partial charge in [-0.2, -0.15) is 0 Å². The van der Waals surface area contributed by atoms with Crippen molar-refractivity contribution < 1.29 is 38.1 Å². The van der Waals surface area contributed by atoms with Gasteiger partial charge in [-0.15, -0.1) is 5.10 Å². The van der Waals surface area contributed by atoms with Crippen LogP contribution in [0.25, 0.3) is 0 Å². The predicted octanol–water partition coefficient (Wildman–Crippen LogP) is 7.92. The van der Waals surface area contributed by atoms with Gasteiger partial charge in [0.1, 0.15) is 5.69 Å². The van der Waals surface area contributed by atoms with Gasteiger partial charge in [0.2, 0.25) is 0 Å². The summed E-state index contributed by atoms with van der Waals surface area (Å²) >= 11 is 0. The fourth-order valence-corrected chi connectivity index (χ4v) is 11.3. The Kier molecular flexibility index (Phi) is 12.1. The first-order valence-corrected chi connectivity index (χ1v) is 20.5. The van der Waals surface area contributed by atoms with Crippen LogP contribution >= 0.6 is 0 Å². The van der Waals surface area contributed by atoms with Crippen LogP contribution in [0.5, 0.6) is 0 Å². The van der Waals surface area contributed by atoms with Crippen molar-refractivity contribution in [2.45, 2.75) is 170 Å². The Hall–Kier alpha value is -2.79. The molecule has 5 aliphatic rings. The van der Waals surface area contributed by atoms with Crippen molar-refractivity contribution in [3.05, 3.63) is 23.0 Å². The molecule has 0 N–H and O–H groups in total. The second-order valence-electron chi connectivity index (χ2n) is 18.1. The van der Waals surface area contributed by atoms with Gasteiger partial charge in [-0.1, -0.05) is 70.7 Å². The highest BCUT2D eigenvalue weighted by atomic mass is 16.6. The molecule has 1 aromatic heterocycles. The molecule has 11 nitrogen and oxygen atoms in total. The van der Waals surface area contributed by atoms with Gasteiger partial charge in [-0.3, -0.25) is 14.4 Å². The summed E-state index contributed by atoms with van der Waals surface area (Å²) < 4.78 is 30.3. The van der Waals surface area contributed by atoms with E-state index in [0.717, 1.165) is 36.5 Å². The molecule has 0 amide bonds. The van der Waals surface area contributed by atoms with E-state index in [1.807, 2.05) is 11.1 Å². The lowest BCUT2D eigenvalue weighted by Gasteiger charge is -2.57. The van der Waals surface area contributed by atoms with Gasteiger partial charge in [0, 0.05) is 20.8 Å². The fourth-order valence-electron chi connectivity index (χ4n) is 11.3. The first-order chi connectivity index (χ1) is 25.1. The van der Waals surface area contributed by atoms with E-state index < -0.39 is 42.4 Å². The van der Waals surface area contributed by atoms with Crippen LogP contribution in [0, 0.1) is 46.3 Å². The monoisotopic (exact) mass is 739 g/mol. The minimum atomic E-state index is -1.11. The molecule has 53 heavy (non-hydrogen) atoms. The first kappa shape index (κ1) is 39.9. The van der Waals surface area contributed by atoms with Crippen molar-refractivity contribution in [1.82, 2.24) is 15.0 Å². The number of ether oxygens (including phenoxy) is 5. The molecule has 4 aliphatic carbocycles. The molecule has 1 saturated heterocycles. The zero-order chi connectivity index (χ0) is 38.2. The van der Waals surface area contributed by atoms with E-state index in [9.17, 15) is 14.4 Å². The molecule has 1 aliphatic heterocycles. The molecule has 3 saturated carbocycles. The maximum absolute atomic E-state index is 12.1. The van der Waals surface area contributed by atoms with E-state index in [1.165, 1.54) is 83.2 Å². The van der Waals surface area contributed by atoms with Gasteiger partial charge in [-0.25, -0.2) is 4.68 Å². The van der Waals surface area contributed by atoms with Crippen LogP contribution in [-0.2, 0) is 44.7 Å². The van der Waals surface area contributed by atoms with E-state index in [1.54, 1.807) is 6.20 Å². The first-order valence-electron chi connectivity index (χ1n) is 20.5. The van der Waals surface area contributed by atoms with E-state index >= 15 is 0 Å². The Bertz CT molecular complexity index is 1520. The maximum atomic E-state index is 12.1. The molecule has 1 unspecified atom stereocenters. The lowest BCUT2D eigenvalue weighted by atomic mass is 9.48. The molecule has 4 fully saturated rings. The van der Waals surface area contributed by atoms with E-state index in [4.69, 9.17) is 23.7 Å². The van der Waals surface area contributed by atoms with Crippen molar-refractivity contribution in [3.8, 4) is 0 Å². The largest absolute Gasteiger partial charge is 0.456 e. The number of carbonyl (C=O) groups is 3. The van der Waals surface area contributed by atoms with Gasteiger partial charge < -0.3 is 23.7 Å². The van der Waals surface area contributed by atoms with Crippen molar-refractivity contribution >= 4 is 17.9 Å². The lowest BCUT2D eigenvalue weighted by Crippen LogP contribution is -2.55. The SMILES string of the molecule is CC(=O)O[C@@H]1[C@@H](OC(C)=O)[C@H](OC(C)=O)CO[C@H]1n1cc(CO[C@H]2CC[C@@]3(C)C(CCC4=C5CC[C@H]([C@H](C)CC[C@H](C)C(C)C)[C@@]5(C)CC[C@@H]43)C2)nn1. The molecule has 2 heterocycles. The number of hydrogen-bond donors (Lipinski definition) is 0. The fraction of sp³-hybridized carbons (Fsp3) is 0.833. The van der Waals surface area contributed by atoms with Crippen molar-refractivity contribution in [1.29, 1.82) is 0 Å². The standard InChI is InChI=1S/C42H65N3O8/c1-24(2)25(3)10-11-26(4)34-14-15-35-33-13-12-30-20-32(16-18-41(30,8)36(33)17-19-42(34,35)9)49-22-31-21-45(44-43-31)40-39(53-29(7)48)38(52-28(6)47)37(23-50-40)51-27(5)46/h21,24-26,30,32,34,36-40H,10-20,22-23H2,1-9H3/t25-,26+,30?,32-,34+,36-,37+,38-,39+,40+,41-,42+/m0/s1. The van der Waals surface area contributed by atoms with E-state index in [-0.39, 0.29) is 12.7 Å². The van der Waals surface area contributed by atoms with Crippen LogP contribution in [0.4, 0.5) is 0 Å². The zero-order valence-electron chi connectivity index (χ0n) is 33.7. The summed E-state index contributed by atoms with van der Waals surface area (Å²) in [4.78, 5) is 35.8. The topological polar surface area (TPSA) is 128 Å². The third-order valence-electron chi connectivity index (χ3n) is 14.5. The minimum absolute atomic E-state index is 0.0794.